The molecule has 0 aliphatic carbocycles. The van der Waals surface area contributed by atoms with Crippen LogP contribution < -0.4 is 0 Å². The van der Waals surface area contributed by atoms with E-state index in [-0.39, 0.29) is 0 Å². The van der Waals surface area contributed by atoms with Gasteiger partial charge in [-0.3, -0.25) is 4.57 Å². The van der Waals surface area contributed by atoms with Gasteiger partial charge < -0.3 is 0 Å². The highest BCUT2D eigenvalue weighted by molar-refractivity contribution is 5.22. The second kappa shape index (κ2) is 3.62. The van der Waals surface area contributed by atoms with Gasteiger partial charge >= 0.3 is 0 Å². The lowest BCUT2D eigenvalue weighted by atomic mass is 10.1. The minimum Gasteiger partial charge on any atom is -0.290 e. The molecule has 0 spiro atoms. The Morgan fingerprint density at radius 2 is 1.86 bits per heavy atom. The van der Waals surface area contributed by atoms with E-state index in [4.69, 9.17) is 0 Å². The van der Waals surface area contributed by atoms with Crippen LogP contribution in [0.25, 0.3) is 5.95 Å². The molecule has 0 aliphatic heterocycles. The first-order valence-electron chi connectivity index (χ1n) is 4.73. The first kappa shape index (κ1) is 8.94. The van der Waals surface area contributed by atoms with Gasteiger partial charge in [0.05, 0.1) is 0 Å². The van der Waals surface area contributed by atoms with Crippen LogP contribution in [-0.4, -0.2) is 14.5 Å². The molecule has 0 unspecified atom stereocenters. The molecule has 0 N–H and O–H groups in total. The average molecular weight is 187 g/mol. The van der Waals surface area contributed by atoms with Crippen molar-refractivity contribution < 1.29 is 0 Å². The Labute approximate surface area is 83.4 Å². The summed E-state index contributed by atoms with van der Waals surface area (Å²) < 4.78 is 2.02. The topological polar surface area (TPSA) is 30.7 Å². The second-order valence-corrected chi connectivity index (χ2v) is 3.51. The predicted molar refractivity (Wildman–Crippen MR) is 55.4 cm³/mol. The molecule has 0 radical (unpaired) electrons. The summed E-state index contributed by atoms with van der Waals surface area (Å²) in [5.74, 6) is 1.22. The molecule has 0 atom stereocenters. The first-order valence-corrected chi connectivity index (χ1v) is 4.73. The van der Waals surface area contributed by atoms with Gasteiger partial charge in [0, 0.05) is 24.3 Å². The molecule has 0 bridgehead atoms. The van der Waals surface area contributed by atoms with Gasteiger partial charge in [0.15, 0.2) is 0 Å². The Hall–Kier alpha value is -1.64. The van der Waals surface area contributed by atoms with E-state index in [9.17, 15) is 0 Å². The molecular formula is C11H13N3. The van der Waals surface area contributed by atoms with Crippen LogP contribution in [-0.2, 0) is 0 Å². The van der Waals surface area contributed by atoms with Gasteiger partial charge in [-0.15, -0.1) is 0 Å². The third-order valence-corrected chi connectivity index (χ3v) is 2.14. The van der Waals surface area contributed by atoms with Gasteiger partial charge in [-0.1, -0.05) is 13.8 Å². The number of nitrogens with zero attached hydrogens (tertiary/aromatic N) is 3. The molecule has 3 heteroatoms. The van der Waals surface area contributed by atoms with Crippen molar-refractivity contribution in [3.05, 3.63) is 42.5 Å². The molecular weight excluding hydrogens is 174 g/mol. The minimum absolute atomic E-state index is 0.480. The highest BCUT2D eigenvalue weighted by Crippen LogP contribution is 2.17. The van der Waals surface area contributed by atoms with Gasteiger partial charge in [0.2, 0.25) is 5.95 Å². The summed E-state index contributed by atoms with van der Waals surface area (Å²) in [6.45, 7) is 4.32. The highest BCUT2D eigenvalue weighted by atomic mass is 15.1. The molecule has 0 saturated heterocycles. The maximum atomic E-state index is 4.22. The third-order valence-electron chi connectivity index (χ3n) is 2.14. The molecule has 0 saturated carbocycles. The highest BCUT2D eigenvalue weighted by Gasteiger charge is 2.07. The van der Waals surface area contributed by atoms with Crippen molar-refractivity contribution in [3.8, 4) is 5.95 Å². The zero-order valence-corrected chi connectivity index (χ0v) is 8.38. The van der Waals surface area contributed by atoms with Crippen molar-refractivity contribution in [2.75, 3.05) is 0 Å². The van der Waals surface area contributed by atoms with Gasteiger partial charge in [0.25, 0.3) is 0 Å². The van der Waals surface area contributed by atoms with E-state index in [0.717, 1.165) is 5.95 Å². The van der Waals surface area contributed by atoms with Crippen LogP contribution in [0.2, 0.25) is 0 Å². The summed E-state index contributed by atoms with van der Waals surface area (Å²) in [5.41, 5.74) is 1.23. The van der Waals surface area contributed by atoms with Crippen LogP contribution in [0.1, 0.15) is 25.5 Å². The van der Waals surface area contributed by atoms with Crippen LogP contribution in [0.4, 0.5) is 0 Å². The lowest BCUT2D eigenvalue weighted by Crippen LogP contribution is -2.04. The Kier molecular flexibility index (Phi) is 2.31. The van der Waals surface area contributed by atoms with Crippen LogP contribution >= 0.6 is 0 Å². The third kappa shape index (κ3) is 1.53. The van der Waals surface area contributed by atoms with E-state index in [1.165, 1.54) is 5.69 Å². The Balaban J connectivity index is 2.47. The fraction of sp³-hybridized carbons (Fsp3) is 0.273. The van der Waals surface area contributed by atoms with E-state index in [0.29, 0.717) is 5.92 Å². The monoisotopic (exact) mass is 187 g/mol. The fourth-order valence-electron chi connectivity index (χ4n) is 1.46. The van der Waals surface area contributed by atoms with Gasteiger partial charge in [-0.25, -0.2) is 9.97 Å². The summed E-state index contributed by atoms with van der Waals surface area (Å²) >= 11 is 0. The van der Waals surface area contributed by atoms with E-state index in [2.05, 4.69) is 29.9 Å². The quantitative estimate of drug-likeness (QED) is 0.722. The zero-order valence-electron chi connectivity index (χ0n) is 8.38. The number of hydrogen-bond donors (Lipinski definition) is 0. The normalized spacial score (nSPS) is 10.8. The van der Waals surface area contributed by atoms with Crippen molar-refractivity contribution in [1.82, 2.24) is 14.5 Å². The maximum absolute atomic E-state index is 4.22. The van der Waals surface area contributed by atoms with Crippen molar-refractivity contribution in [1.29, 1.82) is 0 Å². The number of aromatic nitrogens is 3. The smallest absolute Gasteiger partial charge is 0.233 e. The molecule has 0 amide bonds. The second-order valence-electron chi connectivity index (χ2n) is 3.51. The first-order chi connectivity index (χ1) is 6.79. The zero-order chi connectivity index (χ0) is 9.97. The summed E-state index contributed by atoms with van der Waals surface area (Å²) in [5, 5.41) is 0. The molecule has 0 fully saturated rings. The van der Waals surface area contributed by atoms with Crippen molar-refractivity contribution in [2.45, 2.75) is 19.8 Å². The van der Waals surface area contributed by atoms with Crippen LogP contribution in [0, 0.1) is 0 Å². The fourth-order valence-corrected chi connectivity index (χ4v) is 1.46. The van der Waals surface area contributed by atoms with E-state index in [1.807, 2.05) is 22.9 Å². The van der Waals surface area contributed by atoms with Crippen molar-refractivity contribution in [3.63, 3.8) is 0 Å². The summed E-state index contributed by atoms with van der Waals surface area (Å²) in [6, 6.07) is 5.94. The molecule has 2 rings (SSSR count). The van der Waals surface area contributed by atoms with Crippen molar-refractivity contribution >= 4 is 0 Å². The van der Waals surface area contributed by atoms with Crippen LogP contribution in [0.15, 0.2) is 36.8 Å². The maximum Gasteiger partial charge on any atom is 0.233 e. The molecule has 2 aromatic heterocycles. The average Bonchev–Trinajstić information content (AvgIpc) is 2.67. The van der Waals surface area contributed by atoms with Gasteiger partial charge in [-0.2, -0.15) is 0 Å². The Bertz CT molecular complexity index is 403. The molecule has 0 aliphatic rings. The molecule has 2 heterocycles. The van der Waals surface area contributed by atoms with Crippen molar-refractivity contribution in [2.24, 2.45) is 0 Å². The van der Waals surface area contributed by atoms with E-state index < -0.39 is 0 Å². The predicted octanol–water partition coefficient (Wildman–Crippen LogP) is 2.39. The summed E-state index contributed by atoms with van der Waals surface area (Å²) in [6.07, 6.45) is 5.50. The number of rotatable bonds is 2. The Morgan fingerprint density at radius 3 is 2.50 bits per heavy atom. The largest absolute Gasteiger partial charge is 0.290 e. The number of hydrogen-bond acceptors (Lipinski definition) is 2. The summed E-state index contributed by atoms with van der Waals surface area (Å²) in [7, 11) is 0. The van der Waals surface area contributed by atoms with Gasteiger partial charge in [0.1, 0.15) is 0 Å². The van der Waals surface area contributed by atoms with E-state index in [1.54, 1.807) is 12.4 Å². The molecule has 72 valence electrons. The SMILES string of the molecule is CC(C)c1cccn1-c1ncccn1. The Morgan fingerprint density at radius 1 is 1.14 bits per heavy atom. The van der Waals surface area contributed by atoms with Gasteiger partial charge in [-0.05, 0) is 24.1 Å². The van der Waals surface area contributed by atoms with Crippen LogP contribution in [0.5, 0.6) is 0 Å². The standard InChI is InChI=1S/C11H13N3/c1-9(2)10-5-3-8-14(10)11-12-6-4-7-13-11/h3-9H,1-2H3. The molecule has 3 nitrogen and oxygen atoms in total. The molecule has 0 aromatic carbocycles. The lowest BCUT2D eigenvalue weighted by Gasteiger charge is -2.09. The minimum atomic E-state index is 0.480. The molecule has 14 heavy (non-hydrogen) atoms. The van der Waals surface area contributed by atoms with E-state index >= 15 is 0 Å². The summed E-state index contributed by atoms with van der Waals surface area (Å²) in [4.78, 5) is 8.43. The van der Waals surface area contributed by atoms with Crippen LogP contribution in [0.3, 0.4) is 0 Å². The lowest BCUT2D eigenvalue weighted by molar-refractivity contribution is 0.763. The molecule has 2 aromatic rings.